The van der Waals surface area contributed by atoms with Crippen LogP contribution in [0, 0.1) is 5.92 Å². The van der Waals surface area contributed by atoms with Crippen LogP contribution in [0.5, 0.6) is 0 Å². The van der Waals surface area contributed by atoms with Crippen molar-refractivity contribution < 1.29 is 9.90 Å². The number of amides is 1. The molecule has 0 aliphatic carbocycles. The highest BCUT2D eigenvalue weighted by Crippen LogP contribution is 2.24. The number of para-hydroxylation sites is 1. The van der Waals surface area contributed by atoms with Gasteiger partial charge in [-0.15, -0.1) is 0 Å². The van der Waals surface area contributed by atoms with Crippen molar-refractivity contribution in [2.75, 3.05) is 18.0 Å². The topological polar surface area (TPSA) is 52.6 Å². The molecule has 1 aliphatic heterocycles. The summed E-state index contributed by atoms with van der Waals surface area (Å²) < 4.78 is 0. The largest absolute Gasteiger partial charge is 0.392 e. The Labute approximate surface area is 133 Å². The molecule has 0 bridgehead atoms. The normalized spacial score (nSPS) is 16.6. The molecule has 0 aromatic heterocycles. The van der Waals surface area contributed by atoms with Gasteiger partial charge in [0.05, 0.1) is 12.5 Å². The van der Waals surface area contributed by atoms with Crippen molar-refractivity contribution >= 4 is 11.6 Å². The molecule has 0 spiro atoms. The van der Waals surface area contributed by atoms with Crippen molar-refractivity contribution in [2.24, 2.45) is 5.92 Å². The van der Waals surface area contributed by atoms with Crippen molar-refractivity contribution in [3.8, 4) is 0 Å². The van der Waals surface area contributed by atoms with Crippen LogP contribution in [0.4, 0.5) is 5.69 Å². The fourth-order valence-corrected chi connectivity index (χ4v) is 2.80. The maximum atomic E-state index is 11.9. The smallest absolute Gasteiger partial charge is 0.222 e. The summed E-state index contributed by atoms with van der Waals surface area (Å²) in [5.74, 6) is 0.0148. The van der Waals surface area contributed by atoms with E-state index >= 15 is 0 Å². The third-order valence-corrected chi connectivity index (χ3v) is 4.33. The van der Waals surface area contributed by atoms with E-state index in [0.29, 0.717) is 6.54 Å². The molecule has 4 nitrogen and oxygen atoms in total. The minimum absolute atomic E-state index is 0.0883. The maximum absolute atomic E-state index is 11.9. The van der Waals surface area contributed by atoms with Gasteiger partial charge in [0.2, 0.25) is 5.91 Å². The summed E-state index contributed by atoms with van der Waals surface area (Å²) in [5, 5.41) is 12.7. The lowest BCUT2D eigenvalue weighted by atomic mass is 10.0. The summed E-state index contributed by atoms with van der Waals surface area (Å²) in [6.45, 7) is 6.55. The zero-order valence-electron chi connectivity index (χ0n) is 13.7. The molecule has 1 aliphatic rings. The number of aliphatic hydroxyl groups is 1. The summed E-state index contributed by atoms with van der Waals surface area (Å²) in [6, 6.07) is 8.27. The number of carbonyl (C=O) groups excluding carboxylic acids is 1. The highest BCUT2D eigenvalue weighted by atomic mass is 16.3. The summed E-state index contributed by atoms with van der Waals surface area (Å²) >= 11 is 0. The average Bonchev–Trinajstić information content (AvgIpc) is 2.54. The first-order valence-electron chi connectivity index (χ1n) is 8.35. The highest BCUT2D eigenvalue weighted by molar-refractivity contribution is 5.76. The molecule has 1 aromatic rings. The molecule has 1 heterocycles. The minimum atomic E-state index is -0.572. The summed E-state index contributed by atoms with van der Waals surface area (Å²) in [7, 11) is 0. The van der Waals surface area contributed by atoms with Gasteiger partial charge in [0.15, 0.2) is 0 Å². The molecular formula is C18H28N2O2. The van der Waals surface area contributed by atoms with E-state index in [1.807, 2.05) is 19.9 Å². The van der Waals surface area contributed by atoms with Gasteiger partial charge in [0.1, 0.15) is 0 Å². The molecule has 0 saturated carbocycles. The number of benzene rings is 1. The number of aliphatic hydroxyl groups excluding tert-OH is 1. The first-order chi connectivity index (χ1) is 10.6. The highest BCUT2D eigenvalue weighted by Gasteiger charge is 2.16. The van der Waals surface area contributed by atoms with Crippen molar-refractivity contribution in [3.63, 3.8) is 0 Å². The van der Waals surface area contributed by atoms with E-state index in [2.05, 4.69) is 28.4 Å². The summed E-state index contributed by atoms with van der Waals surface area (Å²) in [5.41, 5.74) is 2.38. The lowest BCUT2D eigenvalue weighted by Crippen LogP contribution is -2.32. The van der Waals surface area contributed by atoms with Crippen molar-refractivity contribution in [1.29, 1.82) is 0 Å². The molecule has 4 heteroatoms. The molecule has 1 aromatic carbocycles. The van der Waals surface area contributed by atoms with E-state index in [0.717, 1.165) is 18.7 Å². The number of hydrogen-bond acceptors (Lipinski definition) is 3. The van der Waals surface area contributed by atoms with Gasteiger partial charge in [0, 0.05) is 25.3 Å². The van der Waals surface area contributed by atoms with E-state index in [-0.39, 0.29) is 18.2 Å². The van der Waals surface area contributed by atoms with Crippen molar-refractivity contribution in [3.05, 3.63) is 29.8 Å². The first kappa shape index (κ1) is 16.8. The van der Waals surface area contributed by atoms with Gasteiger partial charge in [-0.1, -0.05) is 32.0 Å². The number of anilines is 1. The monoisotopic (exact) mass is 304 g/mol. The van der Waals surface area contributed by atoms with Gasteiger partial charge in [-0.05, 0) is 36.8 Å². The molecule has 1 saturated heterocycles. The maximum Gasteiger partial charge on any atom is 0.222 e. The lowest BCUT2D eigenvalue weighted by molar-refractivity contribution is -0.123. The third kappa shape index (κ3) is 4.73. The Morgan fingerprint density at radius 2 is 1.91 bits per heavy atom. The fraction of sp³-hybridized carbons (Fsp3) is 0.611. The molecule has 2 rings (SSSR count). The van der Waals surface area contributed by atoms with Crippen LogP contribution in [-0.2, 0) is 11.3 Å². The van der Waals surface area contributed by atoms with E-state index in [1.54, 1.807) is 0 Å². The predicted molar refractivity (Wildman–Crippen MR) is 89.8 cm³/mol. The van der Waals surface area contributed by atoms with Crippen LogP contribution < -0.4 is 10.2 Å². The Bertz CT molecular complexity index is 482. The zero-order valence-corrected chi connectivity index (χ0v) is 13.7. The fourth-order valence-electron chi connectivity index (χ4n) is 2.80. The van der Waals surface area contributed by atoms with E-state index in [4.69, 9.17) is 0 Å². The Morgan fingerprint density at radius 1 is 1.23 bits per heavy atom. The van der Waals surface area contributed by atoms with Crippen LogP contribution in [0.3, 0.4) is 0 Å². The Hall–Kier alpha value is -1.55. The van der Waals surface area contributed by atoms with Gasteiger partial charge in [-0.3, -0.25) is 4.79 Å². The number of nitrogens with one attached hydrogen (secondary N) is 1. The van der Waals surface area contributed by atoms with Gasteiger partial charge in [-0.2, -0.15) is 0 Å². The molecule has 1 fully saturated rings. The number of nitrogens with zero attached hydrogens (tertiary/aromatic N) is 1. The third-order valence-electron chi connectivity index (χ3n) is 4.33. The van der Waals surface area contributed by atoms with Crippen LogP contribution in [0.15, 0.2) is 24.3 Å². The molecule has 2 N–H and O–H groups in total. The molecule has 1 atom stereocenters. The SMILES string of the molecule is CC(C)C(O)CC(=O)NCc1ccccc1N1CCCCC1. The standard InChI is InChI=1S/C18H28N2O2/c1-14(2)17(21)12-18(22)19-13-15-8-4-5-9-16(15)20-10-6-3-7-11-20/h4-5,8-9,14,17,21H,3,6-7,10-13H2,1-2H3,(H,19,22). The molecule has 0 radical (unpaired) electrons. The number of hydrogen-bond donors (Lipinski definition) is 2. The Balaban J connectivity index is 1.93. The molecule has 1 amide bonds. The first-order valence-corrected chi connectivity index (χ1v) is 8.35. The molecule has 1 unspecified atom stereocenters. The Morgan fingerprint density at radius 3 is 2.59 bits per heavy atom. The van der Waals surface area contributed by atoms with Gasteiger partial charge < -0.3 is 15.3 Å². The molecule has 122 valence electrons. The van der Waals surface area contributed by atoms with Crippen LogP contribution in [-0.4, -0.2) is 30.2 Å². The van der Waals surface area contributed by atoms with Gasteiger partial charge in [-0.25, -0.2) is 0 Å². The van der Waals surface area contributed by atoms with Crippen LogP contribution >= 0.6 is 0 Å². The summed E-state index contributed by atoms with van der Waals surface area (Å²) in [4.78, 5) is 14.3. The zero-order chi connectivity index (χ0) is 15.9. The van der Waals surface area contributed by atoms with Crippen molar-refractivity contribution in [1.82, 2.24) is 5.32 Å². The van der Waals surface area contributed by atoms with Crippen LogP contribution in [0.1, 0.15) is 45.1 Å². The second-order valence-corrected chi connectivity index (χ2v) is 6.47. The van der Waals surface area contributed by atoms with E-state index in [1.165, 1.54) is 24.9 Å². The summed E-state index contributed by atoms with van der Waals surface area (Å²) in [6.07, 6.45) is 3.38. The van der Waals surface area contributed by atoms with Gasteiger partial charge in [0.25, 0.3) is 0 Å². The number of rotatable bonds is 6. The average molecular weight is 304 g/mol. The van der Waals surface area contributed by atoms with E-state index in [9.17, 15) is 9.90 Å². The second kappa shape index (κ2) is 8.18. The minimum Gasteiger partial charge on any atom is -0.392 e. The quantitative estimate of drug-likeness (QED) is 0.849. The van der Waals surface area contributed by atoms with Gasteiger partial charge >= 0.3 is 0 Å². The number of carbonyl (C=O) groups is 1. The second-order valence-electron chi connectivity index (χ2n) is 6.47. The van der Waals surface area contributed by atoms with Crippen LogP contribution in [0.2, 0.25) is 0 Å². The number of piperidine rings is 1. The van der Waals surface area contributed by atoms with Crippen molar-refractivity contribution in [2.45, 2.75) is 52.2 Å². The molecule has 22 heavy (non-hydrogen) atoms. The lowest BCUT2D eigenvalue weighted by Gasteiger charge is -2.30. The molecular weight excluding hydrogens is 276 g/mol. The predicted octanol–water partition coefficient (Wildman–Crippen LogP) is 2.70. The van der Waals surface area contributed by atoms with E-state index < -0.39 is 6.10 Å². The Kier molecular flexibility index (Phi) is 6.25. The van der Waals surface area contributed by atoms with Crippen LogP contribution in [0.25, 0.3) is 0 Å².